The molecule has 2 saturated carbocycles. The maximum atomic E-state index is 12.3. The van der Waals surface area contributed by atoms with Crippen LogP contribution in [0.4, 0.5) is 0 Å². The van der Waals surface area contributed by atoms with E-state index in [0.29, 0.717) is 48.5 Å². The van der Waals surface area contributed by atoms with Crippen molar-refractivity contribution in [2.75, 3.05) is 0 Å². The van der Waals surface area contributed by atoms with E-state index in [1.807, 2.05) is 13.8 Å². The number of carbonyl (C=O) groups excluding carboxylic acids is 1. The molecule has 2 fully saturated rings. The molecule has 1 aromatic rings. The van der Waals surface area contributed by atoms with Crippen molar-refractivity contribution in [3.63, 3.8) is 0 Å². The third kappa shape index (κ3) is 4.48. The molecule has 0 radical (unpaired) electrons. The Hall–Kier alpha value is -1.14. The van der Waals surface area contributed by atoms with Gasteiger partial charge < -0.3 is 15.6 Å². The quantitative estimate of drug-likeness (QED) is 0.845. The Morgan fingerprint density at radius 2 is 2.00 bits per heavy atom. The lowest BCUT2D eigenvalue weighted by molar-refractivity contribution is -0.123. The van der Waals surface area contributed by atoms with E-state index in [-0.39, 0.29) is 24.2 Å². The molecule has 6 nitrogen and oxygen atoms in total. The van der Waals surface area contributed by atoms with Crippen molar-refractivity contribution in [1.82, 2.24) is 15.5 Å². The molecule has 24 heavy (non-hydrogen) atoms. The van der Waals surface area contributed by atoms with Gasteiger partial charge in [0.15, 0.2) is 5.82 Å². The van der Waals surface area contributed by atoms with E-state index in [1.165, 1.54) is 19.3 Å². The Bertz CT molecular complexity index is 534. The largest absolute Gasteiger partial charge is 0.353 e. The van der Waals surface area contributed by atoms with Crippen molar-refractivity contribution in [1.29, 1.82) is 0 Å². The average Bonchev–Trinajstić information content (AvgIpc) is 2.95. The summed E-state index contributed by atoms with van der Waals surface area (Å²) in [6, 6.07) is 0.622. The number of nitrogens with zero attached hydrogens (tertiary/aromatic N) is 2. The monoisotopic (exact) mass is 356 g/mol. The molecule has 2 aliphatic rings. The number of hydrogen-bond donors (Lipinski definition) is 2. The van der Waals surface area contributed by atoms with Gasteiger partial charge in [0.1, 0.15) is 0 Å². The highest BCUT2D eigenvalue weighted by atomic mass is 35.5. The molecule has 3 N–H and O–H groups in total. The Balaban J connectivity index is 0.00000208. The molecule has 0 saturated heterocycles. The molecule has 1 amide bonds. The number of nitrogens with one attached hydrogen (secondary N) is 1. The van der Waals surface area contributed by atoms with Gasteiger partial charge in [0.2, 0.25) is 11.8 Å². The summed E-state index contributed by atoms with van der Waals surface area (Å²) in [6.45, 7) is 4.04. The third-order valence-electron chi connectivity index (χ3n) is 5.27. The molecular formula is C17H29ClN4O2. The minimum Gasteiger partial charge on any atom is -0.353 e. The Morgan fingerprint density at radius 1 is 1.33 bits per heavy atom. The first-order valence-electron chi connectivity index (χ1n) is 8.90. The van der Waals surface area contributed by atoms with Gasteiger partial charge in [0.25, 0.3) is 0 Å². The van der Waals surface area contributed by atoms with Crippen LogP contribution < -0.4 is 11.1 Å². The summed E-state index contributed by atoms with van der Waals surface area (Å²) in [5.41, 5.74) is 6.14. The molecule has 2 atom stereocenters. The lowest BCUT2D eigenvalue weighted by atomic mass is 9.67. The smallest absolute Gasteiger partial charge is 0.227 e. The van der Waals surface area contributed by atoms with Gasteiger partial charge >= 0.3 is 0 Å². The van der Waals surface area contributed by atoms with Crippen LogP contribution in [0.25, 0.3) is 0 Å². The molecule has 0 aliphatic heterocycles. The maximum Gasteiger partial charge on any atom is 0.227 e. The lowest BCUT2D eigenvalue weighted by Gasteiger charge is -2.45. The number of halogens is 1. The average molecular weight is 357 g/mol. The van der Waals surface area contributed by atoms with Crippen molar-refractivity contribution in [3.05, 3.63) is 11.7 Å². The SMILES string of the molecule is CC(C)c1noc(CCC(=O)NC2C3CCCC2CC(N)C3)n1.Cl. The minimum absolute atomic E-state index is 0. The topological polar surface area (TPSA) is 94.0 Å². The fourth-order valence-corrected chi connectivity index (χ4v) is 4.11. The van der Waals surface area contributed by atoms with E-state index in [1.54, 1.807) is 0 Å². The molecule has 2 unspecified atom stereocenters. The number of aryl methyl sites for hydroxylation is 1. The van der Waals surface area contributed by atoms with Gasteiger partial charge in [-0.05, 0) is 37.5 Å². The molecule has 3 rings (SSSR count). The number of rotatable bonds is 5. The van der Waals surface area contributed by atoms with E-state index in [9.17, 15) is 4.79 Å². The number of aromatic nitrogens is 2. The third-order valence-corrected chi connectivity index (χ3v) is 5.27. The summed E-state index contributed by atoms with van der Waals surface area (Å²) in [5, 5.41) is 7.19. The Kier molecular flexibility index (Phi) is 6.63. The fourth-order valence-electron chi connectivity index (χ4n) is 4.11. The van der Waals surface area contributed by atoms with Crippen LogP contribution in [0.2, 0.25) is 0 Å². The van der Waals surface area contributed by atoms with Crippen LogP contribution in [0.15, 0.2) is 4.52 Å². The van der Waals surface area contributed by atoms with E-state index in [0.717, 1.165) is 12.8 Å². The maximum absolute atomic E-state index is 12.3. The van der Waals surface area contributed by atoms with Gasteiger partial charge in [0.05, 0.1) is 0 Å². The van der Waals surface area contributed by atoms with Crippen LogP contribution in [0, 0.1) is 11.8 Å². The number of amides is 1. The zero-order valence-corrected chi connectivity index (χ0v) is 15.3. The fraction of sp³-hybridized carbons (Fsp3) is 0.824. The summed E-state index contributed by atoms with van der Waals surface area (Å²) in [6.07, 6.45) is 6.65. The predicted molar refractivity (Wildman–Crippen MR) is 93.9 cm³/mol. The van der Waals surface area contributed by atoms with E-state index in [2.05, 4.69) is 15.5 Å². The molecule has 2 aliphatic carbocycles. The van der Waals surface area contributed by atoms with Gasteiger partial charge in [-0.3, -0.25) is 4.79 Å². The second kappa shape index (κ2) is 8.30. The van der Waals surface area contributed by atoms with Crippen LogP contribution >= 0.6 is 12.4 Å². The number of hydrogen-bond acceptors (Lipinski definition) is 5. The van der Waals surface area contributed by atoms with Gasteiger partial charge in [-0.25, -0.2) is 0 Å². The molecule has 1 aromatic heterocycles. The highest BCUT2D eigenvalue weighted by Crippen LogP contribution is 2.39. The predicted octanol–water partition coefficient (Wildman–Crippen LogP) is 2.57. The van der Waals surface area contributed by atoms with Crippen molar-refractivity contribution in [2.45, 2.75) is 76.8 Å². The summed E-state index contributed by atoms with van der Waals surface area (Å²) in [7, 11) is 0. The van der Waals surface area contributed by atoms with E-state index in [4.69, 9.17) is 10.3 Å². The minimum atomic E-state index is 0. The number of carbonyl (C=O) groups is 1. The zero-order valence-electron chi connectivity index (χ0n) is 14.5. The second-order valence-corrected chi connectivity index (χ2v) is 7.48. The first-order valence-corrected chi connectivity index (χ1v) is 8.90. The van der Waals surface area contributed by atoms with Crippen LogP contribution in [-0.2, 0) is 11.2 Å². The van der Waals surface area contributed by atoms with Crippen molar-refractivity contribution < 1.29 is 9.32 Å². The standard InChI is InChI=1S/C17H28N4O2.ClH/c1-10(2)17-20-15(23-21-17)7-6-14(22)19-16-11-4-3-5-12(16)9-13(18)8-11;/h10-13,16H,3-9,18H2,1-2H3,(H,19,22);1H. The lowest BCUT2D eigenvalue weighted by Crippen LogP contribution is -2.53. The summed E-state index contributed by atoms with van der Waals surface area (Å²) in [5.74, 6) is 2.69. The first-order chi connectivity index (χ1) is 11.0. The molecular weight excluding hydrogens is 328 g/mol. The first kappa shape index (κ1) is 19.2. The molecule has 7 heteroatoms. The molecule has 136 valence electrons. The van der Waals surface area contributed by atoms with Crippen LogP contribution in [0.1, 0.15) is 70.0 Å². The molecule has 1 heterocycles. The number of fused-ring (bicyclic) bond motifs is 2. The molecule has 2 bridgehead atoms. The van der Waals surface area contributed by atoms with Crippen LogP contribution in [0.5, 0.6) is 0 Å². The second-order valence-electron chi connectivity index (χ2n) is 7.48. The van der Waals surface area contributed by atoms with E-state index < -0.39 is 0 Å². The Labute approximate surface area is 149 Å². The molecule has 0 aromatic carbocycles. The highest BCUT2D eigenvalue weighted by Gasteiger charge is 2.39. The highest BCUT2D eigenvalue weighted by molar-refractivity contribution is 5.85. The molecule has 0 spiro atoms. The van der Waals surface area contributed by atoms with Crippen LogP contribution in [0.3, 0.4) is 0 Å². The summed E-state index contributed by atoms with van der Waals surface area (Å²) in [4.78, 5) is 16.6. The van der Waals surface area contributed by atoms with Crippen molar-refractivity contribution >= 4 is 18.3 Å². The summed E-state index contributed by atoms with van der Waals surface area (Å²) < 4.78 is 5.20. The van der Waals surface area contributed by atoms with Crippen molar-refractivity contribution in [2.24, 2.45) is 17.6 Å². The van der Waals surface area contributed by atoms with Gasteiger partial charge in [-0.2, -0.15) is 4.98 Å². The van der Waals surface area contributed by atoms with Gasteiger partial charge in [-0.15, -0.1) is 12.4 Å². The zero-order chi connectivity index (χ0) is 16.4. The Morgan fingerprint density at radius 3 is 2.58 bits per heavy atom. The summed E-state index contributed by atoms with van der Waals surface area (Å²) >= 11 is 0. The number of nitrogens with two attached hydrogens (primary N) is 1. The van der Waals surface area contributed by atoms with E-state index >= 15 is 0 Å². The normalized spacial score (nSPS) is 29.2. The van der Waals surface area contributed by atoms with Crippen LogP contribution in [-0.4, -0.2) is 28.1 Å². The van der Waals surface area contributed by atoms with Crippen molar-refractivity contribution in [3.8, 4) is 0 Å². The van der Waals surface area contributed by atoms with Gasteiger partial charge in [0, 0.05) is 30.8 Å². The van der Waals surface area contributed by atoms with Gasteiger partial charge in [-0.1, -0.05) is 25.4 Å².